The van der Waals surface area contributed by atoms with Gasteiger partial charge in [0.2, 0.25) is 0 Å². The number of nitrogens with zero attached hydrogens (tertiary/aromatic N) is 5. The lowest BCUT2D eigenvalue weighted by atomic mass is 10.00. The number of ether oxygens (including phenoxy) is 1. The Kier molecular flexibility index (Phi) is 7.34. The van der Waals surface area contributed by atoms with Gasteiger partial charge in [-0.3, -0.25) is 9.69 Å². The molecule has 0 radical (unpaired) electrons. The summed E-state index contributed by atoms with van der Waals surface area (Å²) < 4.78 is 7.12. The van der Waals surface area contributed by atoms with E-state index in [1.807, 2.05) is 54.6 Å². The average molecular weight is 463 g/mol. The van der Waals surface area contributed by atoms with Crippen LogP contribution in [0.15, 0.2) is 59.4 Å². The van der Waals surface area contributed by atoms with Gasteiger partial charge in [-0.25, -0.2) is 4.68 Å². The third kappa shape index (κ3) is 5.16. The van der Waals surface area contributed by atoms with Crippen LogP contribution in [0.3, 0.4) is 0 Å². The molecule has 0 bridgehead atoms. The smallest absolute Gasteiger partial charge is 0.252 e. The van der Waals surface area contributed by atoms with Gasteiger partial charge in [-0.2, -0.15) is 0 Å². The van der Waals surface area contributed by atoms with E-state index in [0.717, 1.165) is 22.2 Å². The van der Waals surface area contributed by atoms with Crippen molar-refractivity contribution in [2.75, 3.05) is 20.3 Å². The van der Waals surface area contributed by atoms with Gasteiger partial charge in [0.25, 0.3) is 5.56 Å². The minimum absolute atomic E-state index is 0.0528. The Morgan fingerprint density at radius 1 is 1.15 bits per heavy atom. The quantitative estimate of drug-likeness (QED) is 0.373. The molecule has 34 heavy (non-hydrogen) atoms. The number of methoxy groups -OCH3 is 1. The SMILES string of the molecule is COc1ccc2[nH]c(=O)c(CN(CCO)C(c3nnnn3Cc3ccccc3)C(C)C)cc2c1. The van der Waals surface area contributed by atoms with Crippen LogP contribution in [0.4, 0.5) is 0 Å². The summed E-state index contributed by atoms with van der Waals surface area (Å²) in [7, 11) is 1.61. The number of aliphatic hydroxyl groups is 1. The Hall–Kier alpha value is -3.56. The minimum Gasteiger partial charge on any atom is -0.497 e. The highest BCUT2D eigenvalue weighted by molar-refractivity contribution is 5.80. The molecular formula is C25H30N6O3. The number of aromatic nitrogens is 5. The second kappa shape index (κ2) is 10.6. The number of rotatable bonds is 10. The van der Waals surface area contributed by atoms with Gasteiger partial charge < -0.3 is 14.8 Å². The Bertz CT molecular complexity index is 1280. The molecule has 4 aromatic rings. The van der Waals surface area contributed by atoms with E-state index in [0.29, 0.717) is 31.0 Å². The lowest BCUT2D eigenvalue weighted by Crippen LogP contribution is -2.37. The van der Waals surface area contributed by atoms with E-state index in [9.17, 15) is 9.90 Å². The summed E-state index contributed by atoms with van der Waals surface area (Å²) in [4.78, 5) is 17.9. The molecule has 2 aromatic heterocycles. The highest BCUT2D eigenvalue weighted by Crippen LogP contribution is 2.29. The van der Waals surface area contributed by atoms with E-state index in [-0.39, 0.29) is 24.1 Å². The van der Waals surface area contributed by atoms with Crippen molar-refractivity contribution >= 4 is 10.9 Å². The van der Waals surface area contributed by atoms with Crippen LogP contribution >= 0.6 is 0 Å². The first-order valence-corrected chi connectivity index (χ1v) is 11.3. The number of fused-ring (bicyclic) bond motifs is 1. The summed E-state index contributed by atoms with van der Waals surface area (Å²) in [5.41, 5.74) is 2.27. The van der Waals surface area contributed by atoms with Gasteiger partial charge in [-0.1, -0.05) is 44.2 Å². The first kappa shape index (κ1) is 23.6. The zero-order valence-corrected chi connectivity index (χ0v) is 19.7. The van der Waals surface area contributed by atoms with Crippen LogP contribution < -0.4 is 10.3 Å². The fourth-order valence-corrected chi connectivity index (χ4v) is 4.31. The van der Waals surface area contributed by atoms with Crippen LogP contribution in [0.25, 0.3) is 10.9 Å². The lowest BCUT2D eigenvalue weighted by molar-refractivity contribution is 0.106. The van der Waals surface area contributed by atoms with Crippen molar-refractivity contribution in [3.63, 3.8) is 0 Å². The zero-order valence-electron chi connectivity index (χ0n) is 19.7. The van der Waals surface area contributed by atoms with E-state index in [1.165, 1.54) is 0 Å². The number of pyridine rings is 1. The molecule has 1 unspecified atom stereocenters. The number of benzene rings is 2. The molecule has 0 fully saturated rings. The average Bonchev–Trinajstić information content (AvgIpc) is 3.27. The maximum Gasteiger partial charge on any atom is 0.252 e. The predicted molar refractivity (Wildman–Crippen MR) is 130 cm³/mol. The monoisotopic (exact) mass is 462 g/mol. The van der Waals surface area contributed by atoms with Crippen LogP contribution in [0.1, 0.15) is 36.8 Å². The van der Waals surface area contributed by atoms with Crippen LogP contribution in [0.5, 0.6) is 5.75 Å². The molecule has 2 aromatic carbocycles. The van der Waals surface area contributed by atoms with E-state index >= 15 is 0 Å². The highest BCUT2D eigenvalue weighted by Gasteiger charge is 2.29. The van der Waals surface area contributed by atoms with Gasteiger partial charge in [0.05, 0.1) is 26.3 Å². The largest absolute Gasteiger partial charge is 0.497 e. The van der Waals surface area contributed by atoms with Crippen molar-refractivity contribution in [2.24, 2.45) is 5.92 Å². The molecule has 9 heteroatoms. The van der Waals surface area contributed by atoms with Crippen molar-refractivity contribution < 1.29 is 9.84 Å². The van der Waals surface area contributed by atoms with E-state index in [4.69, 9.17) is 4.74 Å². The third-order valence-corrected chi connectivity index (χ3v) is 5.91. The maximum absolute atomic E-state index is 12.9. The third-order valence-electron chi connectivity index (χ3n) is 5.91. The van der Waals surface area contributed by atoms with Crippen molar-refractivity contribution in [3.8, 4) is 5.75 Å². The number of aromatic amines is 1. The van der Waals surface area contributed by atoms with Crippen LogP contribution in [-0.2, 0) is 13.1 Å². The second-order valence-electron chi connectivity index (χ2n) is 8.64. The standard InChI is InChI=1S/C25H30N6O3/c1-17(2)23(24-27-28-29-31(24)15-18-7-5-4-6-8-18)30(11-12-32)16-20-13-19-14-21(34-3)9-10-22(19)26-25(20)33/h4-10,13-14,17,23,32H,11-12,15-16H2,1-3H3,(H,26,33). The number of tetrazole rings is 1. The normalized spacial score (nSPS) is 12.5. The van der Waals surface area contributed by atoms with E-state index in [1.54, 1.807) is 11.8 Å². The number of aliphatic hydroxyl groups excluding tert-OH is 1. The van der Waals surface area contributed by atoms with Crippen LogP contribution in [-0.4, -0.2) is 55.5 Å². The molecule has 1 atom stereocenters. The Labute approximate surface area is 198 Å². The number of hydrogen-bond donors (Lipinski definition) is 2. The molecule has 9 nitrogen and oxygen atoms in total. The summed E-state index contributed by atoms with van der Waals surface area (Å²) in [5, 5.41) is 23.3. The van der Waals surface area contributed by atoms with Crippen LogP contribution in [0, 0.1) is 5.92 Å². The van der Waals surface area contributed by atoms with Crippen molar-refractivity contribution in [1.82, 2.24) is 30.1 Å². The summed E-state index contributed by atoms with van der Waals surface area (Å²) in [6, 6.07) is 17.2. The predicted octanol–water partition coefficient (Wildman–Crippen LogP) is 2.76. The molecule has 0 saturated heterocycles. The molecule has 2 heterocycles. The summed E-state index contributed by atoms with van der Waals surface area (Å²) >= 11 is 0. The topological polar surface area (TPSA) is 109 Å². The Morgan fingerprint density at radius 2 is 1.94 bits per heavy atom. The van der Waals surface area contributed by atoms with Gasteiger partial charge in [0.1, 0.15) is 5.75 Å². The molecule has 178 valence electrons. The molecule has 0 aliphatic rings. The molecule has 0 aliphatic carbocycles. The number of H-pyrrole nitrogens is 1. The molecular weight excluding hydrogens is 432 g/mol. The molecule has 0 spiro atoms. The lowest BCUT2D eigenvalue weighted by Gasteiger charge is -2.33. The summed E-state index contributed by atoms with van der Waals surface area (Å²) in [6.07, 6.45) is 0. The van der Waals surface area contributed by atoms with Crippen molar-refractivity contribution in [1.29, 1.82) is 0 Å². The Balaban J connectivity index is 1.69. The number of nitrogens with one attached hydrogen (secondary N) is 1. The van der Waals surface area contributed by atoms with Gasteiger partial charge in [0, 0.05) is 29.6 Å². The summed E-state index contributed by atoms with van der Waals surface area (Å²) in [5.74, 6) is 1.55. The van der Waals surface area contributed by atoms with Gasteiger partial charge in [-0.15, -0.1) is 5.10 Å². The van der Waals surface area contributed by atoms with Gasteiger partial charge in [0.15, 0.2) is 5.82 Å². The second-order valence-corrected chi connectivity index (χ2v) is 8.64. The van der Waals surface area contributed by atoms with Gasteiger partial charge in [-0.05, 0) is 46.2 Å². The van der Waals surface area contributed by atoms with Gasteiger partial charge >= 0.3 is 0 Å². The van der Waals surface area contributed by atoms with Crippen molar-refractivity contribution in [2.45, 2.75) is 33.0 Å². The fourth-order valence-electron chi connectivity index (χ4n) is 4.31. The molecule has 0 saturated carbocycles. The molecule has 2 N–H and O–H groups in total. The fraction of sp³-hybridized carbons (Fsp3) is 0.360. The van der Waals surface area contributed by atoms with E-state index in [2.05, 4.69) is 39.3 Å². The summed E-state index contributed by atoms with van der Waals surface area (Å²) in [6.45, 7) is 5.37. The highest BCUT2D eigenvalue weighted by atomic mass is 16.5. The first-order valence-electron chi connectivity index (χ1n) is 11.3. The zero-order chi connectivity index (χ0) is 24.1. The van der Waals surface area contributed by atoms with Crippen LogP contribution in [0.2, 0.25) is 0 Å². The molecule has 0 aliphatic heterocycles. The Morgan fingerprint density at radius 3 is 2.65 bits per heavy atom. The number of hydrogen-bond acceptors (Lipinski definition) is 7. The maximum atomic E-state index is 12.9. The molecule has 4 rings (SSSR count). The van der Waals surface area contributed by atoms with Crippen molar-refractivity contribution in [3.05, 3.63) is 81.9 Å². The van der Waals surface area contributed by atoms with E-state index < -0.39 is 0 Å². The minimum atomic E-state index is -0.203. The first-order chi connectivity index (χ1) is 16.5. The molecule has 0 amide bonds.